The molecule has 4 aromatic rings. The molecular formula is C22H25N7O. The zero-order valence-electron chi connectivity index (χ0n) is 17.2. The van der Waals surface area contributed by atoms with Crippen LogP contribution in [0.5, 0.6) is 5.75 Å². The van der Waals surface area contributed by atoms with Gasteiger partial charge in [0.15, 0.2) is 11.5 Å². The summed E-state index contributed by atoms with van der Waals surface area (Å²) in [5.41, 5.74) is 8.86. The maximum atomic E-state index is 6.18. The molecule has 3 heterocycles. The van der Waals surface area contributed by atoms with Crippen LogP contribution in [0.25, 0.3) is 16.6 Å². The molecule has 8 heteroatoms. The fourth-order valence-electron chi connectivity index (χ4n) is 4.19. The van der Waals surface area contributed by atoms with Crippen LogP contribution in [0.2, 0.25) is 0 Å². The number of ether oxygens (including phenoxy) is 1. The Kier molecular flexibility index (Phi) is 4.63. The lowest BCUT2D eigenvalue weighted by Gasteiger charge is -2.40. The van der Waals surface area contributed by atoms with E-state index in [0.717, 1.165) is 30.8 Å². The molecule has 0 bridgehead atoms. The Morgan fingerprint density at radius 3 is 2.67 bits per heavy atom. The monoisotopic (exact) mass is 403 g/mol. The molecule has 1 aliphatic heterocycles. The topological polar surface area (TPSA) is 84.8 Å². The first-order chi connectivity index (χ1) is 14.6. The van der Waals surface area contributed by atoms with Gasteiger partial charge in [0, 0.05) is 36.7 Å². The van der Waals surface area contributed by atoms with E-state index >= 15 is 0 Å². The van der Waals surface area contributed by atoms with E-state index in [4.69, 9.17) is 15.5 Å². The quantitative estimate of drug-likeness (QED) is 0.561. The first-order valence-electron chi connectivity index (χ1n) is 10.2. The molecule has 1 unspecified atom stereocenters. The van der Waals surface area contributed by atoms with E-state index in [-0.39, 0.29) is 0 Å². The Bertz CT molecular complexity index is 1190. The summed E-state index contributed by atoms with van der Waals surface area (Å²) >= 11 is 0. The number of aromatic nitrogens is 4. The second kappa shape index (κ2) is 7.46. The highest BCUT2D eigenvalue weighted by Gasteiger charge is 2.25. The van der Waals surface area contributed by atoms with E-state index in [9.17, 15) is 0 Å². The summed E-state index contributed by atoms with van der Waals surface area (Å²) in [5, 5.41) is 5.52. The normalized spacial score (nSPS) is 17.7. The van der Waals surface area contributed by atoms with E-state index in [1.165, 1.54) is 5.69 Å². The number of nitrogens with zero attached hydrogens (tertiary/aromatic N) is 6. The summed E-state index contributed by atoms with van der Waals surface area (Å²) in [6.07, 6.45) is 0. The predicted octanol–water partition coefficient (Wildman–Crippen LogP) is 2.58. The molecule has 0 amide bonds. The number of para-hydroxylation sites is 2. The second-order valence-corrected chi connectivity index (χ2v) is 7.69. The van der Waals surface area contributed by atoms with Crippen LogP contribution in [0, 0.1) is 0 Å². The molecule has 5 rings (SSSR count). The highest BCUT2D eigenvalue weighted by Crippen LogP contribution is 2.28. The minimum absolute atomic E-state index is 0.308. The van der Waals surface area contributed by atoms with Crippen molar-refractivity contribution in [2.75, 3.05) is 37.4 Å². The number of hydrogen-bond donors (Lipinski definition) is 1. The number of nitrogens with two attached hydrogens (primary N) is 1. The highest BCUT2D eigenvalue weighted by molar-refractivity contribution is 5.95. The number of nitrogen functional groups attached to an aromatic ring is 1. The number of rotatable bonds is 4. The highest BCUT2D eigenvalue weighted by atomic mass is 16.5. The van der Waals surface area contributed by atoms with Crippen LogP contribution in [0.1, 0.15) is 12.7 Å². The van der Waals surface area contributed by atoms with Crippen molar-refractivity contribution >= 4 is 28.2 Å². The molecule has 1 saturated heterocycles. The molecule has 0 spiro atoms. The minimum Gasteiger partial charge on any atom is -0.494 e. The van der Waals surface area contributed by atoms with E-state index in [2.05, 4.69) is 57.1 Å². The molecule has 2 N–H and O–H groups in total. The van der Waals surface area contributed by atoms with Crippen LogP contribution in [0.3, 0.4) is 0 Å². The van der Waals surface area contributed by atoms with Gasteiger partial charge in [0.1, 0.15) is 11.3 Å². The van der Waals surface area contributed by atoms with Crippen molar-refractivity contribution in [3.05, 3.63) is 54.4 Å². The third-order valence-electron chi connectivity index (χ3n) is 5.79. The maximum absolute atomic E-state index is 6.18. The Balaban J connectivity index is 1.41. The average Bonchev–Trinajstić information content (AvgIpc) is 3.20. The zero-order valence-corrected chi connectivity index (χ0v) is 17.2. The van der Waals surface area contributed by atoms with Gasteiger partial charge in [0.05, 0.1) is 13.7 Å². The standard InChI is InChI=1S/C22H25N7O/c1-15-13-28(16-7-4-3-5-8-16)12-11-27(15)14-19-24-21-17-9-6-10-18(30-2)20(17)25-22(23)29(21)26-19/h3-10,15H,11-14H2,1-2H3,(H2,23,25). The Morgan fingerprint density at radius 1 is 1.07 bits per heavy atom. The van der Waals surface area contributed by atoms with Crippen LogP contribution in [0.15, 0.2) is 48.5 Å². The van der Waals surface area contributed by atoms with E-state index in [1.807, 2.05) is 18.2 Å². The second-order valence-electron chi connectivity index (χ2n) is 7.69. The number of methoxy groups -OCH3 is 1. The van der Waals surface area contributed by atoms with Gasteiger partial charge in [-0.2, -0.15) is 4.52 Å². The van der Waals surface area contributed by atoms with Crippen LogP contribution in [0.4, 0.5) is 11.6 Å². The zero-order chi connectivity index (χ0) is 20.7. The van der Waals surface area contributed by atoms with Gasteiger partial charge in [-0.3, -0.25) is 4.90 Å². The molecule has 1 aliphatic rings. The van der Waals surface area contributed by atoms with Gasteiger partial charge in [-0.05, 0) is 31.2 Å². The molecule has 154 valence electrons. The average molecular weight is 403 g/mol. The molecule has 2 aromatic heterocycles. The van der Waals surface area contributed by atoms with Crippen molar-refractivity contribution in [2.45, 2.75) is 19.5 Å². The number of benzene rings is 2. The molecule has 1 atom stereocenters. The van der Waals surface area contributed by atoms with Gasteiger partial charge in [-0.15, -0.1) is 5.10 Å². The fraction of sp³-hybridized carbons (Fsp3) is 0.318. The molecule has 2 aromatic carbocycles. The third kappa shape index (κ3) is 3.19. The van der Waals surface area contributed by atoms with Crippen molar-refractivity contribution in [3.63, 3.8) is 0 Å². The van der Waals surface area contributed by atoms with Crippen molar-refractivity contribution in [1.82, 2.24) is 24.5 Å². The SMILES string of the molecule is COc1cccc2c1nc(N)n1nc(CN3CCN(c4ccccc4)CC3C)nc21. The minimum atomic E-state index is 0.308. The van der Waals surface area contributed by atoms with E-state index < -0.39 is 0 Å². The van der Waals surface area contributed by atoms with Gasteiger partial charge >= 0.3 is 0 Å². The van der Waals surface area contributed by atoms with Crippen molar-refractivity contribution in [3.8, 4) is 5.75 Å². The van der Waals surface area contributed by atoms with Gasteiger partial charge in [-0.25, -0.2) is 9.97 Å². The van der Waals surface area contributed by atoms with Gasteiger partial charge in [0.2, 0.25) is 5.95 Å². The first-order valence-corrected chi connectivity index (χ1v) is 10.2. The predicted molar refractivity (Wildman–Crippen MR) is 118 cm³/mol. The largest absolute Gasteiger partial charge is 0.494 e. The van der Waals surface area contributed by atoms with Gasteiger partial charge in [0.25, 0.3) is 0 Å². The molecule has 0 aliphatic carbocycles. The lowest BCUT2D eigenvalue weighted by molar-refractivity contribution is 0.177. The molecule has 0 radical (unpaired) electrons. The number of fused-ring (bicyclic) bond motifs is 3. The number of anilines is 2. The summed E-state index contributed by atoms with van der Waals surface area (Å²) < 4.78 is 7.06. The molecule has 1 fully saturated rings. The van der Waals surface area contributed by atoms with E-state index in [0.29, 0.717) is 35.4 Å². The van der Waals surface area contributed by atoms with Crippen LogP contribution >= 0.6 is 0 Å². The maximum Gasteiger partial charge on any atom is 0.223 e. The Hall–Kier alpha value is -3.39. The van der Waals surface area contributed by atoms with Crippen molar-refractivity contribution in [2.24, 2.45) is 0 Å². The first kappa shape index (κ1) is 18.6. The summed E-state index contributed by atoms with van der Waals surface area (Å²) in [6, 6.07) is 16.7. The van der Waals surface area contributed by atoms with Crippen LogP contribution < -0.4 is 15.4 Å². The van der Waals surface area contributed by atoms with Crippen LogP contribution in [-0.4, -0.2) is 57.3 Å². The summed E-state index contributed by atoms with van der Waals surface area (Å²) in [6.45, 7) is 5.83. The van der Waals surface area contributed by atoms with E-state index in [1.54, 1.807) is 11.6 Å². The third-order valence-corrected chi connectivity index (χ3v) is 5.79. The van der Waals surface area contributed by atoms with Gasteiger partial charge in [-0.1, -0.05) is 24.3 Å². The number of piperazine rings is 1. The van der Waals surface area contributed by atoms with Crippen LogP contribution in [-0.2, 0) is 6.54 Å². The smallest absolute Gasteiger partial charge is 0.223 e. The molecule has 30 heavy (non-hydrogen) atoms. The summed E-state index contributed by atoms with van der Waals surface area (Å²) in [7, 11) is 1.63. The van der Waals surface area contributed by atoms with Crippen molar-refractivity contribution in [1.29, 1.82) is 0 Å². The molecule has 0 saturated carbocycles. The van der Waals surface area contributed by atoms with Gasteiger partial charge < -0.3 is 15.4 Å². The molecular weight excluding hydrogens is 378 g/mol. The lowest BCUT2D eigenvalue weighted by Crippen LogP contribution is -2.51. The fourth-order valence-corrected chi connectivity index (χ4v) is 4.19. The molecule has 8 nitrogen and oxygen atoms in total. The summed E-state index contributed by atoms with van der Waals surface area (Å²) in [4.78, 5) is 14.1. The summed E-state index contributed by atoms with van der Waals surface area (Å²) in [5.74, 6) is 1.73. The van der Waals surface area contributed by atoms with Crippen molar-refractivity contribution < 1.29 is 4.74 Å². The lowest BCUT2D eigenvalue weighted by atomic mass is 10.1. The Labute approximate surface area is 174 Å². The Morgan fingerprint density at radius 2 is 1.90 bits per heavy atom. The number of hydrogen-bond acceptors (Lipinski definition) is 7.